The second kappa shape index (κ2) is 5.38. The fourth-order valence-corrected chi connectivity index (χ4v) is 1.84. The van der Waals surface area contributed by atoms with E-state index < -0.39 is 0 Å². The van der Waals surface area contributed by atoms with E-state index in [0.29, 0.717) is 6.54 Å². The van der Waals surface area contributed by atoms with Crippen LogP contribution in [0.4, 0.5) is 0 Å². The minimum atomic E-state index is 0.399. The van der Waals surface area contributed by atoms with Crippen LogP contribution in [0.1, 0.15) is 16.8 Å². The predicted octanol–water partition coefficient (Wildman–Crippen LogP) is 3.60. The molecule has 18 heavy (non-hydrogen) atoms. The fourth-order valence-electron chi connectivity index (χ4n) is 1.73. The maximum Gasteiger partial charge on any atom is 0.130 e. The molecular weight excluding hydrogens is 248 g/mol. The summed E-state index contributed by atoms with van der Waals surface area (Å²) in [5.74, 6) is 1.50. The van der Waals surface area contributed by atoms with E-state index in [1.54, 1.807) is 12.3 Å². The highest BCUT2D eigenvalue weighted by Gasteiger charge is 2.05. The van der Waals surface area contributed by atoms with Gasteiger partial charge in [0.2, 0.25) is 0 Å². The number of halogens is 1. The Morgan fingerprint density at radius 2 is 1.83 bits per heavy atom. The minimum absolute atomic E-state index is 0.399. The normalized spacial score (nSPS) is 10.4. The molecule has 2 aromatic rings. The number of benzene rings is 1. The Bertz CT molecular complexity index is 546. The van der Waals surface area contributed by atoms with Crippen molar-refractivity contribution in [2.45, 2.75) is 20.4 Å². The summed E-state index contributed by atoms with van der Waals surface area (Å²) in [6.07, 6.45) is 1.69. The number of nitrogens with zero attached hydrogens (tertiary/aromatic N) is 1. The fraction of sp³-hybridized carbons (Fsp3) is 0.214. The zero-order chi connectivity index (χ0) is 13.1. The van der Waals surface area contributed by atoms with Crippen molar-refractivity contribution >= 4 is 11.6 Å². The van der Waals surface area contributed by atoms with Crippen LogP contribution in [0.5, 0.6) is 11.5 Å². The van der Waals surface area contributed by atoms with E-state index in [1.807, 2.05) is 32.0 Å². The van der Waals surface area contributed by atoms with Crippen LogP contribution in [0, 0.1) is 13.8 Å². The molecule has 0 atom stereocenters. The van der Waals surface area contributed by atoms with E-state index in [9.17, 15) is 0 Å². The van der Waals surface area contributed by atoms with Crippen molar-refractivity contribution in [2.24, 2.45) is 5.73 Å². The molecule has 0 unspecified atom stereocenters. The van der Waals surface area contributed by atoms with Gasteiger partial charge in [-0.15, -0.1) is 0 Å². The van der Waals surface area contributed by atoms with Gasteiger partial charge in [0.1, 0.15) is 11.5 Å². The highest BCUT2D eigenvalue weighted by atomic mass is 35.5. The molecule has 4 heteroatoms. The molecule has 0 amide bonds. The molecule has 0 aliphatic rings. The topological polar surface area (TPSA) is 48.1 Å². The van der Waals surface area contributed by atoms with E-state index in [2.05, 4.69) is 4.98 Å². The van der Waals surface area contributed by atoms with Crippen molar-refractivity contribution in [1.82, 2.24) is 4.98 Å². The first-order chi connectivity index (χ1) is 8.60. The molecule has 2 rings (SSSR count). The Balaban J connectivity index is 2.28. The first-order valence-electron chi connectivity index (χ1n) is 5.69. The Morgan fingerprint density at radius 1 is 1.17 bits per heavy atom. The number of aryl methyl sites for hydroxylation is 2. The summed E-state index contributed by atoms with van der Waals surface area (Å²) in [5, 5.41) is 0.778. The quantitative estimate of drug-likeness (QED) is 0.919. The summed E-state index contributed by atoms with van der Waals surface area (Å²) in [6.45, 7) is 4.32. The van der Waals surface area contributed by atoms with Gasteiger partial charge in [0.05, 0.1) is 5.69 Å². The van der Waals surface area contributed by atoms with E-state index in [-0.39, 0.29) is 0 Å². The van der Waals surface area contributed by atoms with Crippen LogP contribution in [0.3, 0.4) is 0 Å². The van der Waals surface area contributed by atoms with E-state index in [4.69, 9.17) is 22.1 Å². The molecule has 1 aromatic heterocycles. The molecule has 1 aromatic carbocycles. The summed E-state index contributed by atoms with van der Waals surface area (Å²) in [5.41, 5.74) is 8.35. The van der Waals surface area contributed by atoms with E-state index in [0.717, 1.165) is 33.3 Å². The van der Waals surface area contributed by atoms with Gasteiger partial charge in [-0.25, -0.2) is 0 Å². The number of pyridine rings is 1. The van der Waals surface area contributed by atoms with Crippen LogP contribution < -0.4 is 10.5 Å². The van der Waals surface area contributed by atoms with Crippen molar-refractivity contribution in [3.8, 4) is 11.5 Å². The van der Waals surface area contributed by atoms with Gasteiger partial charge in [-0.1, -0.05) is 11.6 Å². The van der Waals surface area contributed by atoms with E-state index in [1.165, 1.54) is 0 Å². The molecule has 0 spiro atoms. The third kappa shape index (κ3) is 2.81. The van der Waals surface area contributed by atoms with Crippen LogP contribution in [-0.2, 0) is 6.54 Å². The van der Waals surface area contributed by atoms with Crippen molar-refractivity contribution in [2.75, 3.05) is 0 Å². The summed E-state index contributed by atoms with van der Waals surface area (Å²) >= 11 is 6.12. The standard InChI is InChI=1S/C14H15ClN2O/c1-9-5-13(6-10(2)14(9)15)18-12-3-4-17-11(7-12)8-16/h3-7H,8,16H2,1-2H3. The largest absolute Gasteiger partial charge is 0.457 e. The lowest BCUT2D eigenvalue weighted by Crippen LogP contribution is -1.99. The van der Waals surface area contributed by atoms with Crippen LogP contribution in [0.15, 0.2) is 30.5 Å². The van der Waals surface area contributed by atoms with Gasteiger partial charge >= 0.3 is 0 Å². The van der Waals surface area contributed by atoms with Gasteiger partial charge < -0.3 is 10.5 Å². The van der Waals surface area contributed by atoms with Gasteiger partial charge in [-0.05, 0) is 43.2 Å². The average molecular weight is 263 g/mol. The summed E-state index contributed by atoms with van der Waals surface area (Å²) in [4.78, 5) is 4.12. The van der Waals surface area contributed by atoms with E-state index >= 15 is 0 Å². The molecule has 0 radical (unpaired) electrons. The second-order valence-electron chi connectivity index (χ2n) is 4.16. The Morgan fingerprint density at radius 3 is 2.44 bits per heavy atom. The summed E-state index contributed by atoms with van der Waals surface area (Å²) in [6, 6.07) is 7.47. The first kappa shape index (κ1) is 12.9. The molecule has 0 aliphatic heterocycles. The molecule has 1 heterocycles. The number of aromatic nitrogens is 1. The average Bonchev–Trinajstić information content (AvgIpc) is 2.36. The molecule has 3 nitrogen and oxygen atoms in total. The third-order valence-electron chi connectivity index (χ3n) is 2.64. The zero-order valence-corrected chi connectivity index (χ0v) is 11.2. The number of hydrogen-bond acceptors (Lipinski definition) is 3. The van der Waals surface area contributed by atoms with Gasteiger partial charge in [0, 0.05) is 23.8 Å². The van der Waals surface area contributed by atoms with Crippen molar-refractivity contribution in [3.05, 3.63) is 52.3 Å². The van der Waals surface area contributed by atoms with Crippen molar-refractivity contribution in [3.63, 3.8) is 0 Å². The zero-order valence-electron chi connectivity index (χ0n) is 10.4. The van der Waals surface area contributed by atoms with Crippen LogP contribution in [0.2, 0.25) is 5.02 Å². The Labute approximate surface area is 112 Å². The Hall–Kier alpha value is -1.58. The van der Waals surface area contributed by atoms with Crippen LogP contribution in [-0.4, -0.2) is 4.98 Å². The molecular formula is C14H15ClN2O. The van der Waals surface area contributed by atoms with Gasteiger partial charge in [0.15, 0.2) is 0 Å². The lowest BCUT2D eigenvalue weighted by atomic mass is 10.1. The third-order valence-corrected chi connectivity index (χ3v) is 3.24. The predicted molar refractivity (Wildman–Crippen MR) is 73.1 cm³/mol. The molecule has 0 saturated carbocycles. The van der Waals surface area contributed by atoms with Crippen molar-refractivity contribution in [1.29, 1.82) is 0 Å². The number of nitrogens with two attached hydrogens (primary N) is 1. The van der Waals surface area contributed by atoms with Crippen LogP contribution >= 0.6 is 11.6 Å². The summed E-state index contributed by atoms with van der Waals surface area (Å²) < 4.78 is 5.78. The summed E-state index contributed by atoms with van der Waals surface area (Å²) in [7, 11) is 0. The van der Waals surface area contributed by atoms with Gasteiger partial charge in [-0.2, -0.15) is 0 Å². The lowest BCUT2D eigenvalue weighted by Gasteiger charge is -2.10. The molecule has 0 fully saturated rings. The number of hydrogen-bond donors (Lipinski definition) is 1. The molecule has 2 N–H and O–H groups in total. The number of rotatable bonds is 3. The molecule has 0 saturated heterocycles. The first-order valence-corrected chi connectivity index (χ1v) is 6.07. The highest BCUT2D eigenvalue weighted by molar-refractivity contribution is 6.32. The van der Waals surface area contributed by atoms with Crippen molar-refractivity contribution < 1.29 is 4.74 Å². The smallest absolute Gasteiger partial charge is 0.130 e. The Kier molecular flexibility index (Phi) is 3.84. The maximum atomic E-state index is 6.12. The molecule has 0 bridgehead atoms. The van der Waals surface area contributed by atoms with Crippen LogP contribution in [0.25, 0.3) is 0 Å². The minimum Gasteiger partial charge on any atom is -0.457 e. The van der Waals surface area contributed by atoms with Gasteiger partial charge in [0.25, 0.3) is 0 Å². The second-order valence-corrected chi connectivity index (χ2v) is 4.54. The number of ether oxygens (including phenoxy) is 1. The molecule has 0 aliphatic carbocycles. The van der Waals surface area contributed by atoms with Gasteiger partial charge in [-0.3, -0.25) is 4.98 Å². The lowest BCUT2D eigenvalue weighted by molar-refractivity contribution is 0.480. The molecule has 94 valence electrons. The SMILES string of the molecule is Cc1cc(Oc2ccnc(CN)c2)cc(C)c1Cl. The monoisotopic (exact) mass is 262 g/mol. The highest BCUT2D eigenvalue weighted by Crippen LogP contribution is 2.29. The maximum absolute atomic E-state index is 6.12.